The molecule has 0 aromatic carbocycles. The van der Waals surface area contributed by atoms with E-state index in [1.54, 1.807) is 6.20 Å². The third kappa shape index (κ3) is 4.89. The number of aromatic nitrogens is 3. The summed E-state index contributed by atoms with van der Waals surface area (Å²) in [5.74, 6) is -0.0251. The van der Waals surface area contributed by atoms with Gasteiger partial charge in [0.1, 0.15) is 0 Å². The Kier molecular flexibility index (Phi) is 6.49. The Hall–Kier alpha value is -2.21. The first-order chi connectivity index (χ1) is 11.5. The van der Waals surface area contributed by atoms with Crippen molar-refractivity contribution < 1.29 is 9.90 Å². The number of hydrogen-bond donors (Lipinski definition) is 2. The van der Waals surface area contributed by atoms with Crippen LogP contribution in [0.2, 0.25) is 0 Å². The van der Waals surface area contributed by atoms with Crippen molar-refractivity contribution in [1.82, 2.24) is 20.1 Å². The van der Waals surface area contributed by atoms with Crippen LogP contribution >= 0.6 is 0 Å². The van der Waals surface area contributed by atoms with Crippen LogP contribution in [0.25, 0.3) is 0 Å². The molecule has 0 aliphatic heterocycles. The molecule has 0 saturated heterocycles. The number of pyridine rings is 1. The van der Waals surface area contributed by atoms with Gasteiger partial charge in [0, 0.05) is 50.1 Å². The average Bonchev–Trinajstić information content (AvgIpc) is 2.82. The summed E-state index contributed by atoms with van der Waals surface area (Å²) in [5, 5.41) is 16.8. The van der Waals surface area contributed by atoms with Gasteiger partial charge in [-0.25, -0.2) is 0 Å². The monoisotopic (exact) mass is 330 g/mol. The van der Waals surface area contributed by atoms with Gasteiger partial charge in [0.25, 0.3) is 0 Å². The lowest BCUT2D eigenvalue weighted by Crippen LogP contribution is -2.32. The molecule has 2 rings (SSSR count). The Labute approximate surface area is 142 Å². The zero-order valence-electron chi connectivity index (χ0n) is 14.6. The van der Waals surface area contributed by atoms with E-state index < -0.39 is 0 Å². The normalized spacial score (nSPS) is 12.2. The molecule has 6 nitrogen and oxygen atoms in total. The molecule has 0 bridgehead atoms. The number of rotatable bonds is 8. The van der Waals surface area contributed by atoms with Crippen molar-refractivity contribution in [2.45, 2.75) is 33.1 Å². The maximum Gasteiger partial charge on any atom is 0.220 e. The fourth-order valence-corrected chi connectivity index (χ4v) is 2.78. The minimum absolute atomic E-state index is 0.00266. The molecule has 0 saturated carbocycles. The largest absolute Gasteiger partial charge is 0.396 e. The van der Waals surface area contributed by atoms with Gasteiger partial charge in [-0.1, -0.05) is 6.07 Å². The summed E-state index contributed by atoms with van der Waals surface area (Å²) in [7, 11) is 1.91. The van der Waals surface area contributed by atoms with Crippen LogP contribution in [0.5, 0.6) is 0 Å². The summed E-state index contributed by atoms with van der Waals surface area (Å²) in [6.45, 7) is 4.46. The van der Waals surface area contributed by atoms with Crippen molar-refractivity contribution in [3.63, 3.8) is 0 Å². The first-order valence-corrected chi connectivity index (χ1v) is 8.27. The van der Waals surface area contributed by atoms with Crippen molar-refractivity contribution in [2.24, 2.45) is 13.0 Å². The van der Waals surface area contributed by atoms with Crippen LogP contribution in [0.1, 0.15) is 29.1 Å². The molecule has 2 heterocycles. The molecule has 0 aliphatic carbocycles. The predicted octanol–water partition coefficient (Wildman–Crippen LogP) is 1.33. The molecule has 24 heavy (non-hydrogen) atoms. The second-order valence-electron chi connectivity index (χ2n) is 6.15. The second kappa shape index (κ2) is 8.59. The number of carbonyl (C=O) groups excluding carboxylic acids is 1. The van der Waals surface area contributed by atoms with E-state index in [0.717, 1.165) is 22.6 Å². The van der Waals surface area contributed by atoms with Gasteiger partial charge in [-0.05, 0) is 44.4 Å². The lowest BCUT2D eigenvalue weighted by molar-refractivity contribution is -0.121. The van der Waals surface area contributed by atoms with Gasteiger partial charge < -0.3 is 10.4 Å². The Morgan fingerprint density at radius 1 is 1.38 bits per heavy atom. The number of hydrogen-bond acceptors (Lipinski definition) is 4. The highest BCUT2D eigenvalue weighted by atomic mass is 16.3. The van der Waals surface area contributed by atoms with Crippen LogP contribution < -0.4 is 5.32 Å². The van der Waals surface area contributed by atoms with Gasteiger partial charge in [0.05, 0.1) is 5.69 Å². The van der Waals surface area contributed by atoms with Crippen LogP contribution in [-0.2, 0) is 24.7 Å². The van der Waals surface area contributed by atoms with Crippen molar-refractivity contribution in [3.8, 4) is 0 Å². The number of aliphatic hydroxyl groups excluding tert-OH is 1. The van der Waals surface area contributed by atoms with Gasteiger partial charge in [-0.3, -0.25) is 14.5 Å². The molecule has 2 aromatic rings. The number of amides is 1. The molecular weight excluding hydrogens is 304 g/mol. The number of nitrogens with one attached hydrogen (secondary N) is 1. The first-order valence-electron chi connectivity index (χ1n) is 8.27. The van der Waals surface area contributed by atoms with Crippen LogP contribution in [0.3, 0.4) is 0 Å². The lowest BCUT2D eigenvalue weighted by Gasteiger charge is -2.14. The molecular formula is C18H26N4O2. The molecule has 0 fully saturated rings. The molecule has 1 unspecified atom stereocenters. The van der Waals surface area contributed by atoms with E-state index in [9.17, 15) is 9.90 Å². The van der Waals surface area contributed by atoms with Crippen LogP contribution in [0, 0.1) is 19.8 Å². The number of aliphatic hydroxyl groups is 1. The minimum atomic E-state index is -0.0225. The molecule has 0 radical (unpaired) electrons. The summed E-state index contributed by atoms with van der Waals surface area (Å²) in [5.41, 5.74) is 4.14. The summed E-state index contributed by atoms with van der Waals surface area (Å²) in [6.07, 6.45) is 3.50. The van der Waals surface area contributed by atoms with Gasteiger partial charge in [-0.2, -0.15) is 5.10 Å². The molecule has 130 valence electrons. The zero-order valence-corrected chi connectivity index (χ0v) is 14.6. The fraction of sp³-hybridized carbons (Fsp3) is 0.500. The number of carbonyl (C=O) groups is 1. The van der Waals surface area contributed by atoms with Crippen LogP contribution in [0.15, 0.2) is 24.4 Å². The number of nitrogens with zero attached hydrogens (tertiary/aromatic N) is 3. The topological polar surface area (TPSA) is 80.0 Å². The highest BCUT2D eigenvalue weighted by molar-refractivity contribution is 5.76. The summed E-state index contributed by atoms with van der Waals surface area (Å²) < 4.78 is 1.84. The van der Waals surface area contributed by atoms with Gasteiger partial charge in [0.2, 0.25) is 5.91 Å². The third-order valence-electron chi connectivity index (χ3n) is 4.33. The van der Waals surface area contributed by atoms with Crippen LogP contribution in [0.4, 0.5) is 0 Å². The van der Waals surface area contributed by atoms with Crippen molar-refractivity contribution >= 4 is 5.91 Å². The molecule has 0 spiro atoms. The fourth-order valence-electron chi connectivity index (χ4n) is 2.78. The Bertz CT molecular complexity index is 667. The second-order valence-corrected chi connectivity index (χ2v) is 6.15. The third-order valence-corrected chi connectivity index (χ3v) is 4.33. The maximum atomic E-state index is 12.1. The van der Waals surface area contributed by atoms with E-state index in [1.165, 1.54) is 0 Å². The smallest absolute Gasteiger partial charge is 0.220 e. The van der Waals surface area contributed by atoms with E-state index in [2.05, 4.69) is 15.4 Å². The predicted molar refractivity (Wildman–Crippen MR) is 92.5 cm³/mol. The molecule has 1 atom stereocenters. The molecule has 1 amide bonds. The Morgan fingerprint density at radius 3 is 2.75 bits per heavy atom. The highest BCUT2D eigenvalue weighted by Gasteiger charge is 2.14. The minimum Gasteiger partial charge on any atom is -0.396 e. The molecule has 0 aliphatic rings. The highest BCUT2D eigenvalue weighted by Crippen LogP contribution is 2.14. The molecule has 2 aromatic heterocycles. The van der Waals surface area contributed by atoms with Crippen molar-refractivity contribution in [3.05, 3.63) is 47.0 Å². The zero-order chi connectivity index (χ0) is 17.5. The first kappa shape index (κ1) is 18.1. The summed E-state index contributed by atoms with van der Waals surface area (Å²) in [4.78, 5) is 16.3. The van der Waals surface area contributed by atoms with Gasteiger partial charge >= 0.3 is 0 Å². The average molecular weight is 330 g/mol. The standard InChI is InChI=1S/C18H26N4O2/c1-13-17(14(2)22(3)21-13)7-8-18(24)20-11-15(12-23)10-16-6-4-5-9-19-16/h4-6,9,15,23H,7-8,10-12H2,1-3H3,(H,20,24). The van der Waals surface area contributed by atoms with Crippen molar-refractivity contribution in [2.75, 3.05) is 13.2 Å². The van der Waals surface area contributed by atoms with E-state index >= 15 is 0 Å². The van der Waals surface area contributed by atoms with Gasteiger partial charge in [-0.15, -0.1) is 0 Å². The van der Waals surface area contributed by atoms with Gasteiger partial charge in [0.15, 0.2) is 0 Å². The maximum absolute atomic E-state index is 12.1. The van der Waals surface area contributed by atoms with E-state index in [0.29, 0.717) is 25.8 Å². The molecule has 6 heteroatoms. The number of aryl methyl sites for hydroxylation is 2. The SMILES string of the molecule is Cc1nn(C)c(C)c1CCC(=O)NCC(CO)Cc1ccccn1. The lowest BCUT2D eigenvalue weighted by atomic mass is 10.0. The molecule has 2 N–H and O–H groups in total. The Balaban J connectivity index is 1.79. The van der Waals surface area contributed by atoms with E-state index in [4.69, 9.17) is 0 Å². The quantitative estimate of drug-likeness (QED) is 0.765. The Morgan fingerprint density at radius 2 is 2.17 bits per heavy atom. The summed E-state index contributed by atoms with van der Waals surface area (Å²) in [6, 6.07) is 5.72. The van der Waals surface area contributed by atoms with E-state index in [-0.39, 0.29) is 18.4 Å². The van der Waals surface area contributed by atoms with E-state index in [1.807, 2.05) is 43.8 Å². The summed E-state index contributed by atoms with van der Waals surface area (Å²) >= 11 is 0. The van der Waals surface area contributed by atoms with Crippen molar-refractivity contribution in [1.29, 1.82) is 0 Å². The van der Waals surface area contributed by atoms with Crippen LogP contribution in [-0.4, -0.2) is 38.9 Å².